The van der Waals surface area contributed by atoms with Gasteiger partial charge in [-0.15, -0.1) is 10.2 Å². The zero-order valence-electron chi connectivity index (χ0n) is 9.17. The van der Waals surface area contributed by atoms with Gasteiger partial charge in [0.1, 0.15) is 11.6 Å². The number of aryl methyl sites for hydroxylation is 1. The molecule has 0 atom stereocenters. The van der Waals surface area contributed by atoms with E-state index in [9.17, 15) is 0 Å². The van der Waals surface area contributed by atoms with E-state index >= 15 is 0 Å². The molecule has 2 rings (SSSR count). The molecule has 1 fully saturated rings. The average molecular weight is 194 g/mol. The van der Waals surface area contributed by atoms with Gasteiger partial charge in [-0.1, -0.05) is 0 Å². The van der Waals surface area contributed by atoms with Crippen molar-refractivity contribution < 1.29 is 0 Å². The topological polar surface area (TPSA) is 42.7 Å². The van der Waals surface area contributed by atoms with Gasteiger partial charge in [-0.3, -0.25) is 0 Å². The zero-order chi connectivity index (χ0) is 10.2. The highest BCUT2D eigenvalue weighted by Gasteiger charge is 2.31. The van der Waals surface area contributed by atoms with Crippen molar-refractivity contribution in [3.8, 4) is 0 Å². The first-order valence-electron chi connectivity index (χ1n) is 5.21. The van der Waals surface area contributed by atoms with Gasteiger partial charge in [0.25, 0.3) is 0 Å². The molecule has 1 saturated carbocycles. The largest absolute Gasteiger partial charge is 0.317 e. The highest BCUT2D eigenvalue weighted by molar-refractivity contribution is 4.97. The molecule has 0 unspecified atom stereocenters. The van der Waals surface area contributed by atoms with Crippen LogP contribution in [0.5, 0.6) is 0 Å². The number of nitrogens with zero attached hydrogens (tertiary/aromatic N) is 3. The predicted molar refractivity (Wildman–Crippen MR) is 54.8 cm³/mol. The third-order valence-electron chi connectivity index (χ3n) is 3.31. The Bertz CT molecular complexity index is 325. The molecule has 14 heavy (non-hydrogen) atoms. The minimum Gasteiger partial charge on any atom is -0.317 e. The summed E-state index contributed by atoms with van der Waals surface area (Å²) < 4.78 is 2.04. The van der Waals surface area contributed by atoms with Gasteiger partial charge < -0.3 is 9.88 Å². The zero-order valence-corrected chi connectivity index (χ0v) is 9.17. The summed E-state index contributed by atoms with van der Waals surface area (Å²) in [4.78, 5) is 0. The Balaban J connectivity index is 1.94. The molecule has 0 bridgehead atoms. The van der Waals surface area contributed by atoms with Gasteiger partial charge in [-0.25, -0.2) is 0 Å². The van der Waals surface area contributed by atoms with Crippen LogP contribution in [-0.2, 0) is 13.6 Å². The van der Waals surface area contributed by atoms with Gasteiger partial charge in [-0.2, -0.15) is 0 Å². The van der Waals surface area contributed by atoms with Crippen molar-refractivity contribution in [2.75, 3.05) is 0 Å². The molecule has 4 heteroatoms. The van der Waals surface area contributed by atoms with E-state index in [1.165, 1.54) is 19.3 Å². The summed E-state index contributed by atoms with van der Waals surface area (Å²) in [5.41, 5.74) is 0.347. The van der Waals surface area contributed by atoms with E-state index in [0.29, 0.717) is 5.54 Å². The average Bonchev–Trinajstić information content (AvgIpc) is 2.42. The first kappa shape index (κ1) is 9.65. The Hall–Kier alpha value is -0.900. The van der Waals surface area contributed by atoms with Crippen molar-refractivity contribution in [2.45, 2.75) is 45.2 Å². The minimum atomic E-state index is 0.347. The van der Waals surface area contributed by atoms with Gasteiger partial charge in [0, 0.05) is 12.6 Å². The fraction of sp³-hybridized carbons (Fsp3) is 0.800. The minimum absolute atomic E-state index is 0.347. The van der Waals surface area contributed by atoms with Gasteiger partial charge in [-0.05, 0) is 33.1 Å². The first-order chi connectivity index (χ1) is 6.61. The molecule has 1 aromatic rings. The standard InChI is InChI=1S/C10H18N4/c1-8-12-13-9(14(8)3)7-11-10(2)5-4-6-10/h11H,4-7H2,1-3H3. The molecule has 0 amide bonds. The summed E-state index contributed by atoms with van der Waals surface area (Å²) in [6.07, 6.45) is 3.91. The molecule has 1 aliphatic carbocycles. The van der Waals surface area contributed by atoms with Crippen LogP contribution in [0.4, 0.5) is 0 Å². The fourth-order valence-electron chi connectivity index (χ4n) is 1.78. The molecule has 0 aromatic carbocycles. The van der Waals surface area contributed by atoms with E-state index < -0.39 is 0 Å². The maximum Gasteiger partial charge on any atom is 0.146 e. The predicted octanol–water partition coefficient (Wildman–Crippen LogP) is 1.16. The number of rotatable bonds is 3. The van der Waals surface area contributed by atoms with Crippen molar-refractivity contribution >= 4 is 0 Å². The summed E-state index contributed by atoms with van der Waals surface area (Å²) in [5.74, 6) is 2.00. The number of aromatic nitrogens is 3. The molecule has 0 aliphatic heterocycles. The Morgan fingerprint density at radius 3 is 2.57 bits per heavy atom. The van der Waals surface area contributed by atoms with Crippen LogP contribution in [0.3, 0.4) is 0 Å². The molecule has 1 aromatic heterocycles. The van der Waals surface area contributed by atoms with Crippen molar-refractivity contribution in [1.82, 2.24) is 20.1 Å². The van der Waals surface area contributed by atoms with Gasteiger partial charge >= 0.3 is 0 Å². The van der Waals surface area contributed by atoms with Crippen molar-refractivity contribution in [3.05, 3.63) is 11.6 Å². The van der Waals surface area contributed by atoms with Crippen LogP contribution in [0.25, 0.3) is 0 Å². The molecule has 1 aliphatic rings. The molecule has 1 N–H and O–H groups in total. The summed E-state index contributed by atoms with van der Waals surface area (Å²) in [6.45, 7) is 5.08. The smallest absolute Gasteiger partial charge is 0.146 e. The summed E-state index contributed by atoms with van der Waals surface area (Å²) in [6, 6.07) is 0. The molecule has 0 spiro atoms. The van der Waals surface area contributed by atoms with Crippen molar-refractivity contribution in [1.29, 1.82) is 0 Å². The maximum absolute atomic E-state index is 4.13. The first-order valence-corrected chi connectivity index (χ1v) is 5.21. The molecule has 4 nitrogen and oxygen atoms in total. The van der Waals surface area contributed by atoms with Crippen LogP contribution in [0.15, 0.2) is 0 Å². The third-order valence-corrected chi connectivity index (χ3v) is 3.31. The Morgan fingerprint density at radius 1 is 1.43 bits per heavy atom. The SMILES string of the molecule is Cc1nnc(CNC2(C)CCC2)n1C. The second kappa shape index (κ2) is 3.35. The monoisotopic (exact) mass is 194 g/mol. The molecule has 0 radical (unpaired) electrons. The lowest BCUT2D eigenvalue weighted by molar-refractivity contribution is 0.204. The number of hydrogen-bond acceptors (Lipinski definition) is 3. The normalized spacial score (nSPS) is 19.4. The van der Waals surface area contributed by atoms with E-state index in [1.807, 2.05) is 18.5 Å². The molecular formula is C10H18N4. The van der Waals surface area contributed by atoms with Crippen LogP contribution < -0.4 is 5.32 Å². The second-order valence-electron chi connectivity index (χ2n) is 4.49. The lowest BCUT2D eigenvalue weighted by Gasteiger charge is -2.39. The fourth-order valence-corrected chi connectivity index (χ4v) is 1.78. The lowest BCUT2D eigenvalue weighted by atomic mass is 9.78. The molecular weight excluding hydrogens is 176 g/mol. The van der Waals surface area contributed by atoms with Gasteiger partial charge in [0.2, 0.25) is 0 Å². The van der Waals surface area contributed by atoms with E-state index in [0.717, 1.165) is 18.2 Å². The van der Waals surface area contributed by atoms with E-state index in [1.54, 1.807) is 0 Å². The molecule has 0 saturated heterocycles. The molecule has 1 heterocycles. The second-order valence-corrected chi connectivity index (χ2v) is 4.49. The summed E-state index contributed by atoms with van der Waals surface area (Å²) in [5, 5.41) is 11.7. The Labute approximate surface area is 84.7 Å². The van der Waals surface area contributed by atoms with Gasteiger partial charge in [0.15, 0.2) is 0 Å². The quantitative estimate of drug-likeness (QED) is 0.785. The van der Waals surface area contributed by atoms with Crippen molar-refractivity contribution in [2.24, 2.45) is 7.05 Å². The highest BCUT2D eigenvalue weighted by Crippen LogP contribution is 2.30. The van der Waals surface area contributed by atoms with E-state index in [-0.39, 0.29) is 0 Å². The van der Waals surface area contributed by atoms with Gasteiger partial charge in [0.05, 0.1) is 6.54 Å². The number of hydrogen-bond donors (Lipinski definition) is 1. The van der Waals surface area contributed by atoms with Crippen molar-refractivity contribution in [3.63, 3.8) is 0 Å². The Morgan fingerprint density at radius 2 is 2.14 bits per heavy atom. The van der Waals surface area contributed by atoms with Crippen LogP contribution in [0.2, 0.25) is 0 Å². The summed E-state index contributed by atoms with van der Waals surface area (Å²) >= 11 is 0. The van der Waals surface area contributed by atoms with Crippen LogP contribution >= 0.6 is 0 Å². The van der Waals surface area contributed by atoms with E-state index in [2.05, 4.69) is 22.4 Å². The van der Waals surface area contributed by atoms with E-state index in [4.69, 9.17) is 0 Å². The Kier molecular flexibility index (Phi) is 2.31. The van der Waals surface area contributed by atoms with Crippen LogP contribution in [0, 0.1) is 6.92 Å². The third kappa shape index (κ3) is 1.66. The van der Waals surface area contributed by atoms with Crippen LogP contribution in [0.1, 0.15) is 37.8 Å². The summed E-state index contributed by atoms with van der Waals surface area (Å²) in [7, 11) is 2.01. The molecule has 78 valence electrons. The highest BCUT2D eigenvalue weighted by atomic mass is 15.3. The lowest BCUT2D eigenvalue weighted by Crippen LogP contribution is -2.47. The van der Waals surface area contributed by atoms with Crippen LogP contribution in [-0.4, -0.2) is 20.3 Å². The number of nitrogens with one attached hydrogen (secondary N) is 1. The maximum atomic E-state index is 4.13.